The van der Waals surface area contributed by atoms with Crippen LogP contribution in [0, 0.1) is 11.7 Å². The second-order valence-corrected chi connectivity index (χ2v) is 7.80. The summed E-state index contributed by atoms with van der Waals surface area (Å²) in [5.74, 6) is -1.44. The summed E-state index contributed by atoms with van der Waals surface area (Å²) >= 11 is 5.37. The fraction of sp³-hybridized carbons (Fsp3) is 0.571. The topological polar surface area (TPSA) is 73.5 Å². The number of halogens is 1. The molecule has 0 saturated carbocycles. The van der Waals surface area contributed by atoms with Gasteiger partial charge in [0.15, 0.2) is 5.11 Å². The van der Waals surface area contributed by atoms with Gasteiger partial charge < -0.3 is 20.9 Å². The Morgan fingerprint density at radius 3 is 2.45 bits per heavy atom. The van der Waals surface area contributed by atoms with E-state index in [1.807, 2.05) is 20.8 Å². The summed E-state index contributed by atoms with van der Waals surface area (Å²) in [6.45, 7) is 8.07. The van der Waals surface area contributed by atoms with E-state index in [1.54, 1.807) is 6.07 Å². The van der Waals surface area contributed by atoms with Gasteiger partial charge in [-0.05, 0) is 63.4 Å². The second-order valence-electron chi connectivity index (χ2n) is 7.41. The second kappa shape index (κ2) is 11.1. The number of nitrogens with zero attached hydrogens (tertiary/aromatic N) is 1. The molecule has 2 rings (SSSR count). The number of rotatable bonds is 7. The monoisotopic (exact) mass is 422 g/mol. The fourth-order valence-corrected chi connectivity index (χ4v) is 3.72. The van der Waals surface area contributed by atoms with Crippen molar-refractivity contribution in [2.75, 3.05) is 19.6 Å². The van der Waals surface area contributed by atoms with Crippen LogP contribution < -0.4 is 16.0 Å². The predicted octanol–water partition coefficient (Wildman–Crippen LogP) is 2.45. The van der Waals surface area contributed by atoms with E-state index in [1.165, 1.54) is 18.2 Å². The number of carbonyl (C=O) groups excluding carboxylic acids is 2. The van der Waals surface area contributed by atoms with E-state index in [4.69, 9.17) is 12.2 Å². The van der Waals surface area contributed by atoms with Gasteiger partial charge in [0.05, 0.1) is 5.56 Å². The van der Waals surface area contributed by atoms with Crippen LogP contribution in [0.2, 0.25) is 0 Å². The van der Waals surface area contributed by atoms with Gasteiger partial charge in [-0.1, -0.05) is 19.1 Å². The van der Waals surface area contributed by atoms with Crippen LogP contribution in [0.5, 0.6) is 0 Å². The van der Waals surface area contributed by atoms with Gasteiger partial charge in [-0.2, -0.15) is 0 Å². The summed E-state index contributed by atoms with van der Waals surface area (Å²) in [5, 5.41) is 9.59. The molecule has 160 valence electrons. The molecule has 0 bridgehead atoms. The minimum absolute atomic E-state index is 0.00298. The molecule has 1 aliphatic rings. The third kappa shape index (κ3) is 6.39. The highest BCUT2D eigenvalue weighted by molar-refractivity contribution is 7.80. The van der Waals surface area contributed by atoms with Gasteiger partial charge in [0.1, 0.15) is 11.9 Å². The van der Waals surface area contributed by atoms with E-state index in [0.29, 0.717) is 31.0 Å². The Morgan fingerprint density at radius 1 is 1.21 bits per heavy atom. The zero-order chi connectivity index (χ0) is 21.4. The number of nitrogens with one attached hydrogen (secondary N) is 3. The Hall–Kier alpha value is -2.22. The lowest BCUT2D eigenvalue weighted by molar-refractivity contribution is -0.125. The van der Waals surface area contributed by atoms with Gasteiger partial charge in [0.2, 0.25) is 5.91 Å². The van der Waals surface area contributed by atoms with Crippen LogP contribution in [0.3, 0.4) is 0 Å². The lowest BCUT2D eigenvalue weighted by Crippen LogP contribution is -2.55. The van der Waals surface area contributed by atoms with Crippen molar-refractivity contribution in [1.82, 2.24) is 20.9 Å². The summed E-state index contributed by atoms with van der Waals surface area (Å²) in [6.07, 6.45) is 2.21. The Labute approximate surface area is 177 Å². The molecular weight excluding hydrogens is 391 g/mol. The highest BCUT2D eigenvalue weighted by atomic mass is 32.1. The number of likely N-dealkylation sites (tertiary alicyclic amines) is 1. The Bertz CT molecular complexity index is 722. The molecular formula is C21H31FN4O2S. The normalized spacial score (nSPS) is 16.6. The molecule has 29 heavy (non-hydrogen) atoms. The molecule has 1 aromatic carbocycles. The number of carbonyl (C=O) groups is 2. The highest BCUT2D eigenvalue weighted by Crippen LogP contribution is 2.22. The van der Waals surface area contributed by atoms with Gasteiger partial charge >= 0.3 is 0 Å². The molecule has 0 radical (unpaired) electrons. The molecule has 3 N–H and O–H groups in total. The van der Waals surface area contributed by atoms with Crippen LogP contribution in [0.4, 0.5) is 4.39 Å². The van der Waals surface area contributed by atoms with E-state index in [9.17, 15) is 14.0 Å². The molecule has 0 aliphatic carbocycles. The molecule has 1 aromatic rings. The van der Waals surface area contributed by atoms with E-state index >= 15 is 0 Å². The Kier molecular flexibility index (Phi) is 8.82. The minimum Gasteiger partial charge on any atom is -0.363 e. The van der Waals surface area contributed by atoms with Gasteiger partial charge in [-0.3, -0.25) is 9.59 Å². The smallest absolute Gasteiger partial charge is 0.254 e. The zero-order valence-electron chi connectivity index (χ0n) is 17.3. The maximum atomic E-state index is 14.0. The van der Waals surface area contributed by atoms with Gasteiger partial charge in [-0.25, -0.2) is 4.39 Å². The van der Waals surface area contributed by atoms with E-state index in [2.05, 4.69) is 20.9 Å². The van der Waals surface area contributed by atoms with Crippen LogP contribution >= 0.6 is 12.2 Å². The van der Waals surface area contributed by atoms with Crippen molar-refractivity contribution < 1.29 is 14.0 Å². The molecule has 2 atom stereocenters. The molecule has 1 aliphatic heterocycles. The SMILES string of the molecule is CCNC(=S)N1CCC(C(NC(=O)c2ccccc2F)C(=O)NC(C)CC)CC1. The molecule has 8 heteroatoms. The number of thiocarbonyl (C=S) groups is 1. The number of hydrogen-bond donors (Lipinski definition) is 3. The van der Waals surface area contributed by atoms with Crippen LogP contribution in [0.15, 0.2) is 24.3 Å². The van der Waals surface area contributed by atoms with Crippen molar-refractivity contribution in [3.8, 4) is 0 Å². The Balaban J connectivity index is 2.11. The van der Waals surface area contributed by atoms with Crippen molar-refractivity contribution in [2.24, 2.45) is 5.92 Å². The summed E-state index contributed by atoms with van der Waals surface area (Å²) in [4.78, 5) is 27.7. The van der Waals surface area contributed by atoms with Crippen LogP contribution in [0.25, 0.3) is 0 Å². The number of amides is 2. The fourth-order valence-electron chi connectivity index (χ4n) is 3.40. The largest absolute Gasteiger partial charge is 0.363 e. The molecule has 0 spiro atoms. The predicted molar refractivity (Wildman–Crippen MR) is 116 cm³/mol. The molecule has 2 amide bonds. The summed E-state index contributed by atoms with van der Waals surface area (Å²) in [6, 6.07) is 5.08. The van der Waals surface area contributed by atoms with E-state index < -0.39 is 17.8 Å². The minimum atomic E-state index is -0.717. The molecule has 2 unspecified atom stereocenters. The number of piperidine rings is 1. The van der Waals surface area contributed by atoms with Crippen molar-refractivity contribution in [1.29, 1.82) is 0 Å². The van der Waals surface area contributed by atoms with Crippen molar-refractivity contribution >= 4 is 29.1 Å². The van der Waals surface area contributed by atoms with Crippen LogP contribution in [-0.2, 0) is 4.79 Å². The quantitative estimate of drug-likeness (QED) is 0.589. The Morgan fingerprint density at radius 2 is 1.86 bits per heavy atom. The third-order valence-electron chi connectivity index (χ3n) is 5.31. The van der Waals surface area contributed by atoms with E-state index in [-0.39, 0.29) is 23.4 Å². The maximum absolute atomic E-state index is 14.0. The molecule has 0 aromatic heterocycles. The summed E-state index contributed by atoms with van der Waals surface area (Å²) in [5.41, 5.74) is -0.0559. The van der Waals surface area contributed by atoms with Crippen LogP contribution in [-0.4, -0.2) is 53.5 Å². The highest BCUT2D eigenvalue weighted by Gasteiger charge is 2.34. The maximum Gasteiger partial charge on any atom is 0.254 e. The standard InChI is InChI=1S/C21H31FN4O2S/c1-4-14(3)24-20(28)18(25-19(27)16-8-6-7-9-17(16)22)15-10-12-26(13-11-15)21(29)23-5-2/h6-9,14-15,18H,4-5,10-13H2,1-3H3,(H,23,29)(H,24,28)(H,25,27). The molecule has 1 fully saturated rings. The first-order valence-electron chi connectivity index (χ1n) is 10.3. The van der Waals surface area contributed by atoms with Crippen molar-refractivity contribution in [3.05, 3.63) is 35.6 Å². The average molecular weight is 423 g/mol. The average Bonchev–Trinajstić information content (AvgIpc) is 2.72. The summed E-state index contributed by atoms with van der Waals surface area (Å²) in [7, 11) is 0. The lowest BCUT2D eigenvalue weighted by Gasteiger charge is -2.37. The first-order chi connectivity index (χ1) is 13.9. The van der Waals surface area contributed by atoms with Gasteiger partial charge in [0.25, 0.3) is 5.91 Å². The molecule has 6 nitrogen and oxygen atoms in total. The first-order valence-corrected chi connectivity index (χ1v) is 10.7. The summed E-state index contributed by atoms with van der Waals surface area (Å²) < 4.78 is 14.0. The third-order valence-corrected chi connectivity index (χ3v) is 5.72. The molecule has 1 heterocycles. The number of hydrogen-bond acceptors (Lipinski definition) is 3. The van der Waals surface area contributed by atoms with E-state index in [0.717, 1.165) is 13.0 Å². The zero-order valence-corrected chi connectivity index (χ0v) is 18.2. The number of benzene rings is 1. The molecule has 1 saturated heterocycles. The lowest BCUT2D eigenvalue weighted by atomic mass is 9.88. The van der Waals surface area contributed by atoms with Crippen molar-refractivity contribution in [2.45, 2.75) is 52.1 Å². The van der Waals surface area contributed by atoms with Crippen LogP contribution in [0.1, 0.15) is 50.4 Å². The van der Waals surface area contributed by atoms with Gasteiger partial charge in [-0.15, -0.1) is 0 Å². The van der Waals surface area contributed by atoms with Crippen molar-refractivity contribution in [3.63, 3.8) is 0 Å². The van der Waals surface area contributed by atoms with Gasteiger partial charge in [0, 0.05) is 25.7 Å². The first kappa shape index (κ1) is 23.1.